The van der Waals surface area contributed by atoms with Crippen LogP contribution >= 0.6 is 27.5 Å². The Hall–Kier alpha value is -2.35. The van der Waals surface area contributed by atoms with Crippen LogP contribution in [0.2, 0.25) is 5.02 Å². The van der Waals surface area contributed by atoms with Gasteiger partial charge in [0.1, 0.15) is 0 Å². The van der Waals surface area contributed by atoms with Crippen LogP contribution in [0.3, 0.4) is 0 Å². The van der Waals surface area contributed by atoms with E-state index in [2.05, 4.69) is 26.0 Å². The lowest BCUT2D eigenvalue weighted by molar-refractivity contribution is 0.0951. The second-order valence-corrected chi connectivity index (χ2v) is 9.39. The number of anilines is 1. The van der Waals surface area contributed by atoms with Gasteiger partial charge in [0.05, 0.1) is 16.1 Å². The van der Waals surface area contributed by atoms with Crippen LogP contribution in [0.1, 0.15) is 21.5 Å². The highest BCUT2D eigenvalue weighted by Crippen LogP contribution is 2.25. The molecule has 0 bridgehead atoms. The number of carbonyl (C=O) groups is 1. The molecular formula is C21H18BrClN2O3S. The van der Waals surface area contributed by atoms with Gasteiger partial charge in [0.2, 0.25) is 0 Å². The fraction of sp³-hybridized carbons (Fsp3) is 0.0952. The molecule has 150 valence electrons. The normalized spacial score (nSPS) is 11.1. The molecule has 0 spiro atoms. The van der Waals surface area contributed by atoms with Gasteiger partial charge in [-0.25, -0.2) is 8.42 Å². The number of sulfonamides is 1. The second-order valence-electron chi connectivity index (χ2n) is 6.36. The fourth-order valence-corrected chi connectivity index (χ4v) is 4.26. The van der Waals surface area contributed by atoms with Crippen molar-refractivity contribution in [3.63, 3.8) is 0 Å². The van der Waals surface area contributed by atoms with Gasteiger partial charge < -0.3 is 5.32 Å². The summed E-state index contributed by atoms with van der Waals surface area (Å²) < 4.78 is 28.5. The Labute approximate surface area is 183 Å². The number of carbonyl (C=O) groups excluding carboxylic acids is 1. The average Bonchev–Trinajstić information content (AvgIpc) is 2.68. The Balaban J connectivity index is 1.84. The molecule has 3 aromatic carbocycles. The summed E-state index contributed by atoms with van der Waals surface area (Å²) in [7, 11) is -3.88. The molecule has 0 aliphatic carbocycles. The van der Waals surface area contributed by atoms with Gasteiger partial charge in [-0.1, -0.05) is 51.8 Å². The second kappa shape index (κ2) is 8.98. The molecule has 0 saturated carbocycles. The first-order valence-electron chi connectivity index (χ1n) is 8.67. The molecule has 0 fully saturated rings. The first-order valence-corrected chi connectivity index (χ1v) is 11.3. The van der Waals surface area contributed by atoms with Gasteiger partial charge in [-0.3, -0.25) is 9.52 Å². The van der Waals surface area contributed by atoms with Crippen LogP contribution in [0.5, 0.6) is 0 Å². The van der Waals surface area contributed by atoms with Crippen LogP contribution in [0, 0.1) is 6.92 Å². The van der Waals surface area contributed by atoms with Crippen molar-refractivity contribution >= 4 is 49.1 Å². The van der Waals surface area contributed by atoms with Crippen LogP contribution in [-0.4, -0.2) is 14.3 Å². The summed E-state index contributed by atoms with van der Waals surface area (Å²) in [5, 5.41) is 3.28. The van der Waals surface area contributed by atoms with Gasteiger partial charge in [0.25, 0.3) is 15.9 Å². The third-order valence-electron chi connectivity index (χ3n) is 4.30. The first kappa shape index (κ1) is 21.4. The molecule has 2 N–H and O–H groups in total. The zero-order valence-electron chi connectivity index (χ0n) is 15.4. The lowest BCUT2D eigenvalue weighted by atomic mass is 10.1. The van der Waals surface area contributed by atoms with E-state index in [1.54, 1.807) is 18.2 Å². The monoisotopic (exact) mass is 492 g/mol. The maximum atomic E-state index is 12.8. The van der Waals surface area contributed by atoms with Crippen LogP contribution in [-0.2, 0) is 16.6 Å². The Morgan fingerprint density at radius 1 is 1.03 bits per heavy atom. The summed E-state index contributed by atoms with van der Waals surface area (Å²) in [6.07, 6.45) is 0. The SMILES string of the molecule is Cc1ccccc1CNC(=O)c1cc(Br)ccc1NS(=O)(=O)c1ccc(Cl)cc1. The van der Waals surface area contributed by atoms with Gasteiger partial charge in [0, 0.05) is 16.0 Å². The maximum absolute atomic E-state index is 12.8. The molecule has 29 heavy (non-hydrogen) atoms. The zero-order valence-corrected chi connectivity index (χ0v) is 18.6. The van der Waals surface area contributed by atoms with Crippen molar-refractivity contribution in [1.82, 2.24) is 5.32 Å². The summed E-state index contributed by atoms with van der Waals surface area (Å²) in [4.78, 5) is 12.8. The third kappa shape index (κ3) is 5.38. The third-order valence-corrected chi connectivity index (χ3v) is 6.42. The van der Waals surface area contributed by atoms with Crippen molar-refractivity contribution in [3.05, 3.63) is 92.9 Å². The smallest absolute Gasteiger partial charge is 0.261 e. The highest BCUT2D eigenvalue weighted by molar-refractivity contribution is 9.10. The molecule has 0 aliphatic rings. The van der Waals surface area contributed by atoms with Crippen LogP contribution < -0.4 is 10.0 Å². The van der Waals surface area contributed by atoms with E-state index < -0.39 is 10.0 Å². The summed E-state index contributed by atoms with van der Waals surface area (Å²) in [6, 6.07) is 18.3. The number of rotatable bonds is 6. The predicted octanol–water partition coefficient (Wildman–Crippen LogP) is 5.14. The molecule has 0 heterocycles. The minimum atomic E-state index is -3.88. The van der Waals surface area contributed by atoms with E-state index in [9.17, 15) is 13.2 Å². The minimum Gasteiger partial charge on any atom is -0.348 e. The van der Waals surface area contributed by atoms with Crippen molar-refractivity contribution in [2.45, 2.75) is 18.4 Å². The van der Waals surface area contributed by atoms with Crippen molar-refractivity contribution in [2.24, 2.45) is 0 Å². The molecule has 8 heteroatoms. The molecule has 0 unspecified atom stereocenters. The number of nitrogens with one attached hydrogen (secondary N) is 2. The average molecular weight is 494 g/mol. The summed E-state index contributed by atoms with van der Waals surface area (Å²) in [5.74, 6) is -0.386. The summed E-state index contributed by atoms with van der Waals surface area (Å²) in [5.41, 5.74) is 2.45. The number of aryl methyl sites for hydroxylation is 1. The molecule has 0 radical (unpaired) electrons. The molecule has 5 nitrogen and oxygen atoms in total. The molecule has 3 rings (SSSR count). The number of hydrogen-bond donors (Lipinski definition) is 2. The topological polar surface area (TPSA) is 75.3 Å². The van der Waals surface area contributed by atoms with Crippen molar-refractivity contribution in [3.8, 4) is 0 Å². The number of halogens is 2. The highest BCUT2D eigenvalue weighted by Gasteiger charge is 2.19. The van der Waals surface area contributed by atoms with E-state index in [1.165, 1.54) is 24.3 Å². The minimum absolute atomic E-state index is 0.0519. The predicted molar refractivity (Wildman–Crippen MR) is 119 cm³/mol. The van der Waals surface area contributed by atoms with E-state index in [-0.39, 0.29) is 22.1 Å². The van der Waals surface area contributed by atoms with E-state index in [0.717, 1.165) is 11.1 Å². The number of benzene rings is 3. The van der Waals surface area contributed by atoms with Gasteiger partial charge >= 0.3 is 0 Å². The van der Waals surface area contributed by atoms with Crippen molar-refractivity contribution in [1.29, 1.82) is 0 Å². The zero-order chi connectivity index (χ0) is 21.0. The van der Waals surface area contributed by atoms with E-state index in [0.29, 0.717) is 16.0 Å². The molecule has 1 amide bonds. The van der Waals surface area contributed by atoms with Gasteiger partial charge in [-0.2, -0.15) is 0 Å². The molecule has 0 atom stereocenters. The van der Waals surface area contributed by atoms with E-state index in [4.69, 9.17) is 11.6 Å². The fourth-order valence-electron chi connectivity index (χ4n) is 2.69. The van der Waals surface area contributed by atoms with Crippen LogP contribution in [0.4, 0.5) is 5.69 Å². The van der Waals surface area contributed by atoms with Crippen molar-refractivity contribution in [2.75, 3.05) is 4.72 Å². The Bertz CT molecular complexity index is 1150. The molecule has 0 aliphatic heterocycles. The Morgan fingerprint density at radius 3 is 2.41 bits per heavy atom. The van der Waals surface area contributed by atoms with Gasteiger partial charge in [-0.05, 0) is 60.5 Å². The van der Waals surface area contributed by atoms with Crippen molar-refractivity contribution < 1.29 is 13.2 Å². The lowest BCUT2D eigenvalue weighted by Crippen LogP contribution is -2.25. The first-order chi connectivity index (χ1) is 13.8. The van der Waals surface area contributed by atoms with E-state index >= 15 is 0 Å². The summed E-state index contributed by atoms with van der Waals surface area (Å²) >= 11 is 9.16. The number of hydrogen-bond acceptors (Lipinski definition) is 3. The molecule has 0 saturated heterocycles. The Morgan fingerprint density at radius 2 is 1.72 bits per heavy atom. The molecule has 3 aromatic rings. The number of amides is 1. The quantitative estimate of drug-likeness (QED) is 0.499. The van der Waals surface area contributed by atoms with Crippen LogP contribution in [0.25, 0.3) is 0 Å². The van der Waals surface area contributed by atoms with Crippen LogP contribution in [0.15, 0.2) is 76.1 Å². The Kier molecular flexibility index (Phi) is 6.62. The highest BCUT2D eigenvalue weighted by atomic mass is 79.9. The van der Waals surface area contributed by atoms with Gasteiger partial charge in [0.15, 0.2) is 0 Å². The molecular weight excluding hydrogens is 476 g/mol. The van der Waals surface area contributed by atoms with E-state index in [1.807, 2.05) is 31.2 Å². The maximum Gasteiger partial charge on any atom is 0.261 e. The van der Waals surface area contributed by atoms with Gasteiger partial charge in [-0.15, -0.1) is 0 Å². The lowest BCUT2D eigenvalue weighted by Gasteiger charge is -2.14. The summed E-state index contributed by atoms with van der Waals surface area (Å²) in [6.45, 7) is 2.30. The molecule has 0 aromatic heterocycles. The standard InChI is InChI=1S/C21H18BrClN2O3S/c1-14-4-2-3-5-15(14)13-24-21(26)19-12-16(22)6-11-20(19)25-29(27,28)18-9-7-17(23)8-10-18/h2-12,25H,13H2,1H3,(H,24,26). The largest absolute Gasteiger partial charge is 0.348 e.